The normalized spacial score (nSPS) is 11.8. The Hall–Kier alpha value is -1.34. The van der Waals surface area contributed by atoms with Crippen LogP contribution in [-0.4, -0.2) is 10.1 Å². The first-order chi connectivity index (χ1) is 8.41. The Labute approximate surface area is 108 Å². The van der Waals surface area contributed by atoms with Crippen molar-refractivity contribution in [2.24, 2.45) is 0 Å². The highest BCUT2D eigenvalue weighted by molar-refractivity contribution is 9.10. The second kappa shape index (κ2) is 4.74. The van der Waals surface area contributed by atoms with Crippen LogP contribution in [0, 0.1) is 0 Å². The van der Waals surface area contributed by atoms with E-state index >= 15 is 0 Å². The molecule has 0 saturated carbocycles. The third-order valence-corrected chi connectivity index (χ3v) is 2.72. The summed E-state index contributed by atoms with van der Waals surface area (Å²) in [6, 6.07) is 3.69. The Bertz CT molecular complexity index is 566. The molecule has 2 rings (SSSR count). The summed E-state index contributed by atoms with van der Waals surface area (Å²) >= 11 is 2.99. The van der Waals surface area contributed by atoms with Gasteiger partial charge in [-0.3, -0.25) is 0 Å². The quantitative estimate of drug-likeness (QED) is 0.919. The molecule has 0 radical (unpaired) electrons. The zero-order chi connectivity index (χ0) is 13.3. The standard InChI is InChI=1S/C11H7BrF3NO2/c12-6-1-2-8(9(3-6)11(13,14)15)10-16-4-7(5-17)18-10/h1-4,17H,5H2. The predicted molar refractivity (Wildman–Crippen MR) is 60.6 cm³/mol. The molecule has 7 heteroatoms. The van der Waals surface area contributed by atoms with Gasteiger partial charge in [0.1, 0.15) is 12.4 Å². The van der Waals surface area contributed by atoms with E-state index < -0.39 is 18.3 Å². The molecule has 0 fully saturated rings. The number of aliphatic hydroxyl groups excluding tert-OH is 1. The van der Waals surface area contributed by atoms with E-state index in [9.17, 15) is 13.2 Å². The first-order valence-corrected chi connectivity index (χ1v) is 5.64. The molecule has 0 atom stereocenters. The van der Waals surface area contributed by atoms with Crippen LogP contribution in [0.15, 0.2) is 33.3 Å². The molecule has 96 valence electrons. The second-order valence-corrected chi connectivity index (χ2v) is 4.39. The summed E-state index contributed by atoms with van der Waals surface area (Å²) in [4.78, 5) is 3.72. The smallest absolute Gasteiger partial charge is 0.417 e. The number of benzene rings is 1. The fourth-order valence-electron chi connectivity index (χ4n) is 1.44. The van der Waals surface area contributed by atoms with Crippen LogP contribution in [0.3, 0.4) is 0 Å². The van der Waals surface area contributed by atoms with Gasteiger partial charge in [-0.15, -0.1) is 0 Å². The molecule has 0 saturated heterocycles. The first-order valence-electron chi connectivity index (χ1n) is 4.84. The Morgan fingerprint density at radius 2 is 2.06 bits per heavy atom. The maximum absolute atomic E-state index is 12.9. The highest BCUT2D eigenvalue weighted by Gasteiger charge is 2.35. The monoisotopic (exact) mass is 321 g/mol. The van der Waals surface area contributed by atoms with Crippen LogP contribution in [0.2, 0.25) is 0 Å². The number of rotatable bonds is 2. The molecule has 0 spiro atoms. The molecule has 0 unspecified atom stereocenters. The van der Waals surface area contributed by atoms with Gasteiger partial charge < -0.3 is 9.52 Å². The van der Waals surface area contributed by atoms with Crippen LogP contribution in [0.1, 0.15) is 11.3 Å². The lowest BCUT2D eigenvalue weighted by molar-refractivity contribution is -0.137. The van der Waals surface area contributed by atoms with Gasteiger partial charge in [0.05, 0.1) is 11.8 Å². The molecule has 3 nitrogen and oxygen atoms in total. The van der Waals surface area contributed by atoms with Gasteiger partial charge in [-0.25, -0.2) is 4.98 Å². The largest absolute Gasteiger partial charge is 0.439 e. The van der Waals surface area contributed by atoms with Crippen molar-refractivity contribution in [1.29, 1.82) is 0 Å². The fourth-order valence-corrected chi connectivity index (χ4v) is 1.80. The number of aromatic nitrogens is 1. The summed E-state index contributed by atoms with van der Waals surface area (Å²) in [6.45, 7) is -0.412. The minimum absolute atomic E-state index is 0.112. The summed E-state index contributed by atoms with van der Waals surface area (Å²) < 4.78 is 43.9. The highest BCUT2D eigenvalue weighted by Crippen LogP contribution is 2.38. The van der Waals surface area contributed by atoms with Gasteiger partial charge in [-0.1, -0.05) is 15.9 Å². The van der Waals surface area contributed by atoms with Gasteiger partial charge in [-0.05, 0) is 18.2 Å². The van der Waals surface area contributed by atoms with E-state index in [0.717, 1.165) is 6.07 Å². The van der Waals surface area contributed by atoms with Crippen LogP contribution < -0.4 is 0 Å². The molecular weight excluding hydrogens is 315 g/mol. The minimum Gasteiger partial charge on any atom is -0.439 e. The fraction of sp³-hybridized carbons (Fsp3) is 0.182. The average molecular weight is 322 g/mol. The zero-order valence-electron chi connectivity index (χ0n) is 8.83. The number of hydrogen-bond acceptors (Lipinski definition) is 3. The van der Waals surface area contributed by atoms with E-state index in [4.69, 9.17) is 9.52 Å². The maximum atomic E-state index is 12.9. The molecule has 0 aliphatic rings. The third kappa shape index (κ3) is 2.56. The lowest BCUT2D eigenvalue weighted by atomic mass is 10.1. The van der Waals surface area contributed by atoms with Crippen molar-refractivity contribution in [3.63, 3.8) is 0 Å². The number of oxazole rings is 1. The molecule has 0 bridgehead atoms. The van der Waals surface area contributed by atoms with Gasteiger partial charge in [0.2, 0.25) is 5.89 Å². The molecule has 0 aliphatic carbocycles. The molecular formula is C11H7BrF3NO2. The van der Waals surface area contributed by atoms with Crippen LogP contribution >= 0.6 is 15.9 Å². The van der Waals surface area contributed by atoms with Gasteiger partial charge in [0.25, 0.3) is 0 Å². The molecule has 1 N–H and O–H groups in total. The highest BCUT2D eigenvalue weighted by atomic mass is 79.9. The van der Waals surface area contributed by atoms with Crippen molar-refractivity contribution < 1.29 is 22.7 Å². The maximum Gasteiger partial charge on any atom is 0.417 e. The Kier molecular flexibility index (Phi) is 3.45. The third-order valence-electron chi connectivity index (χ3n) is 2.23. The first kappa shape index (κ1) is 13.1. The molecule has 1 aromatic heterocycles. The second-order valence-electron chi connectivity index (χ2n) is 3.48. The average Bonchev–Trinajstić information content (AvgIpc) is 2.76. The number of nitrogens with zero attached hydrogens (tertiary/aromatic N) is 1. The topological polar surface area (TPSA) is 46.3 Å². The van der Waals surface area contributed by atoms with Crippen molar-refractivity contribution in [3.05, 3.63) is 40.2 Å². The van der Waals surface area contributed by atoms with Crippen LogP contribution in [-0.2, 0) is 12.8 Å². The predicted octanol–water partition coefficient (Wildman–Crippen LogP) is 3.62. The minimum atomic E-state index is -4.51. The zero-order valence-corrected chi connectivity index (χ0v) is 10.4. The van der Waals surface area contributed by atoms with Crippen molar-refractivity contribution in [1.82, 2.24) is 4.98 Å². The van der Waals surface area contributed by atoms with Crippen LogP contribution in [0.4, 0.5) is 13.2 Å². The summed E-state index contributed by atoms with van der Waals surface area (Å²) in [6.07, 6.45) is -3.31. The molecule has 1 aromatic carbocycles. The van der Waals surface area contributed by atoms with Crippen LogP contribution in [0.5, 0.6) is 0 Å². The Balaban J connectivity index is 2.56. The number of halogens is 4. The lowest BCUT2D eigenvalue weighted by Gasteiger charge is -2.10. The molecule has 18 heavy (non-hydrogen) atoms. The van der Waals surface area contributed by atoms with E-state index in [1.165, 1.54) is 18.3 Å². The van der Waals surface area contributed by atoms with Gasteiger partial charge in [0.15, 0.2) is 0 Å². The van der Waals surface area contributed by atoms with E-state index in [0.29, 0.717) is 4.47 Å². The molecule has 2 aromatic rings. The number of hydrogen-bond donors (Lipinski definition) is 1. The molecule has 0 amide bonds. The SMILES string of the molecule is OCc1cnc(-c2ccc(Br)cc2C(F)(F)F)o1. The summed E-state index contributed by atoms with van der Waals surface area (Å²) in [5.41, 5.74) is -1.01. The van der Waals surface area contributed by atoms with Crippen LogP contribution in [0.25, 0.3) is 11.5 Å². The summed E-state index contributed by atoms with van der Waals surface area (Å²) in [5, 5.41) is 8.81. The Morgan fingerprint density at radius 3 is 2.61 bits per heavy atom. The van der Waals surface area contributed by atoms with Crippen molar-refractivity contribution in [3.8, 4) is 11.5 Å². The van der Waals surface area contributed by atoms with Gasteiger partial charge >= 0.3 is 6.18 Å². The molecule has 0 aliphatic heterocycles. The van der Waals surface area contributed by atoms with Crippen molar-refractivity contribution in [2.75, 3.05) is 0 Å². The van der Waals surface area contributed by atoms with Gasteiger partial charge in [0, 0.05) is 10.0 Å². The van der Waals surface area contributed by atoms with E-state index in [2.05, 4.69) is 20.9 Å². The van der Waals surface area contributed by atoms with Gasteiger partial charge in [-0.2, -0.15) is 13.2 Å². The molecule has 1 heterocycles. The van der Waals surface area contributed by atoms with E-state index in [1.54, 1.807) is 0 Å². The van der Waals surface area contributed by atoms with E-state index in [1.807, 2.05) is 0 Å². The van der Waals surface area contributed by atoms with E-state index in [-0.39, 0.29) is 17.2 Å². The summed E-state index contributed by atoms with van der Waals surface area (Å²) in [5.74, 6) is -0.0556. The lowest BCUT2D eigenvalue weighted by Crippen LogP contribution is -2.07. The van der Waals surface area contributed by atoms with Crippen molar-refractivity contribution >= 4 is 15.9 Å². The van der Waals surface area contributed by atoms with Crippen molar-refractivity contribution in [2.45, 2.75) is 12.8 Å². The Morgan fingerprint density at radius 1 is 1.33 bits per heavy atom. The number of alkyl halides is 3. The number of aliphatic hydroxyl groups is 1. The summed E-state index contributed by atoms with van der Waals surface area (Å²) in [7, 11) is 0.